The monoisotopic (exact) mass is 316 g/mol. The molecule has 2 fully saturated rings. The Balaban J connectivity index is 0.00000147. The standard InChI is InChI=1S/C14H17ClN2O2.ClH/c15-12-3-1-10(2-4-12)13-9-17(5-6-19-13)14(18)11-7-16-8-11;/h1-4,11,13,16H,5-9H2;1H. The van der Waals surface area contributed by atoms with Crippen molar-refractivity contribution < 1.29 is 9.53 Å². The van der Waals surface area contributed by atoms with Crippen molar-refractivity contribution in [3.8, 4) is 0 Å². The van der Waals surface area contributed by atoms with Crippen LogP contribution in [0.4, 0.5) is 0 Å². The largest absolute Gasteiger partial charge is 0.370 e. The summed E-state index contributed by atoms with van der Waals surface area (Å²) in [6.07, 6.45) is -0.0389. The van der Waals surface area contributed by atoms with Crippen molar-refractivity contribution in [2.75, 3.05) is 32.8 Å². The van der Waals surface area contributed by atoms with Crippen molar-refractivity contribution >= 4 is 29.9 Å². The molecular formula is C14H18Cl2N2O2. The maximum Gasteiger partial charge on any atom is 0.228 e. The summed E-state index contributed by atoms with van der Waals surface area (Å²) in [5.41, 5.74) is 1.08. The van der Waals surface area contributed by atoms with E-state index >= 15 is 0 Å². The number of nitrogens with zero attached hydrogens (tertiary/aromatic N) is 1. The Labute approximate surface area is 129 Å². The number of nitrogens with one attached hydrogen (secondary N) is 1. The lowest BCUT2D eigenvalue weighted by Gasteiger charge is -2.37. The Hall–Kier alpha value is -0.810. The van der Waals surface area contributed by atoms with E-state index in [2.05, 4.69) is 5.32 Å². The minimum Gasteiger partial charge on any atom is -0.370 e. The maximum absolute atomic E-state index is 12.2. The van der Waals surface area contributed by atoms with E-state index in [4.69, 9.17) is 16.3 Å². The highest BCUT2D eigenvalue weighted by Crippen LogP contribution is 2.24. The Morgan fingerprint density at radius 1 is 1.30 bits per heavy atom. The fourth-order valence-electron chi connectivity index (χ4n) is 2.45. The molecule has 1 aromatic carbocycles. The summed E-state index contributed by atoms with van der Waals surface area (Å²) < 4.78 is 5.76. The quantitative estimate of drug-likeness (QED) is 0.906. The molecule has 4 nitrogen and oxygen atoms in total. The van der Waals surface area contributed by atoms with Gasteiger partial charge in [0.2, 0.25) is 5.91 Å². The zero-order valence-corrected chi connectivity index (χ0v) is 12.6. The lowest BCUT2D eigenvalue weighted by atomic mass is 10.0. The van der Waals surface area contributed by atoms with Gasteiger partial charge in [-0.1, -0.05) is 23.7 Å². The van der Waals surface area contributed by atoms with E-state index in [0.29, 0.717) is 24.7 Å². The van der Waals surface area contributed by atoms with Crippen LogP contribution in [0.5, 0.6) is 0 Å². The molecule has 1 atom stereocenters. The van der Waals surface area contributed by atoms with Gasteiger partial charge in [-0.25, -0.2) is 0 Å². The molecule has 2 heterocycles. The lowest BCUT2D eigenvalue weighted by Crippen LogP contribution is -2.54. The summed E-state index contributed by atoms with van der Waals surface area (Å²) >= 11 is 5.89. The van der Waals surface area contributed by atoms with Gasteiger partial charge in [0.25, 0.3) is 0 Å². The molecule has 0 spiro atoms. The molecule has 0 aromatic heterocycles. The summed E-state index contributed by atoms with van der Waals surface area (Å²) in [5, 5.41) is 3.85. The van der Waals surface area contributed by atoms with Crippen LogP contribution < -0.4 is 5.32 Å². The molecule has 1 N–H and O–H groups in total. The van der Waals surface area contributed by atoms with Gasteiger partial charge in [0.1, 0.15) is 6.10 Å². The van der Waals surface area contributed by atoms with Gasteiger partial charge in [-0.3, -0.25) is 4.79 Å². The third-order valence-corrected chi connectivity index (χ3v) is 4.00. The molecular weight excluding hydrogens is 299 g/mol. The number of carbonyl (C=O) groups excluding carboxylic acids is 1. The van der Waals surface area contributed by atoms with E-state index < -0.39 is 0 Å². The van der Waals surface area contributed by atoms with E-state index in [1.165, 1.54) is 0 Å². The predicted molar refractivity (Wildman–Crippen MR) is 80.3 cm³/mol. The summed E-state index contributed by atoms with van der Waals surface area (Å²) in [5.74, 6) is 0.407. The Bertz CT molecular complexity index is 463. The number of amides is 1. The molecule has 1 amide bonds. The second-order valence-corrected chi connectivity index (χ2v) is 5.49. The van der Waals surface area contributed by atoms with Crippen LogP contribution >= 0.6 is 24.0 Å². The summed E-state index contributed by atoms with van der Waals surface area (Å²) in [7, 11) is 0. The number of rotatable bonds is 2. The number of benzene rings is 1. The third-order valence-electron chi connectivity index (χ3n) is 3.75. The fraction of sp³-hybridized carbons (Fsp3) is 0.500. The smallest absolute Gasteiger partial charge is 0.228 e. The third kappa shape index (κ3) is 3.26. The highest BCUT2D eigenvalue weighted by molar-refractivity contribution is 6.30. The van der Waals surface area contributed by atoms with Gasteiger partial charge in [-0.15, -0.1) is 12.4 Å². The van der Waals surface area contributed by atoms with Gasteiger partial charge >= 0.3 is 0 Å². The van der Waals surface area contributed by atoms with Gasteiger partial charge in [0, 0.05) is 24.7 Å². The molecule has 2 saturated heterocycles. The Kier molecular flexibility index (Phi) is 5.27. The second kappa shape index (κ2) is 6.76. The van der Waals surface area contributed by atoms with Gasteiger partial charge < -0.3 is 15.0 Å². The molecule has 0 radical (unpaired) electrons. The van der Waals surface area contributed by atoms with E-state index in [1.807, 2.05) is 29.2 Å². The van der Waals surface area contributed by atoms with Crippen LogP contribution in [-0.2, 0) is 9.53 Å². The van der Waals surface area contributed by atoms with Gasteiger partial charge in [0.05, 0.1) is 19.1 Å². The van der Waals surface area contributed by atoms with Crippen LogP contribution in [0.1, 0.15) is 11.7 Å². The van der Waals surface area contributed by atoms with Crippen LogP contribution in [0.2, 0.25) is 5.02 Å². The van der Waals surface area contributed by atoms with Crippen LogP contribution in [0.3, 0.4) is 0 Å². The molecule has 110 valence electrons. The molecule has 2 aliphatic heterocycles. The van der Waals surface area contributed by atoms with Crippen LogP contribution in [-0.4, -0.2) is 43.6 Å². The van der Waals surface area contributed by atoms with Crippen molar-refractivity contribution in [2.24, 2.45) is 5.92 Å². The molecule has 2 aliphatic rings. The molecule has 0 saturated carbocycles. The molecule has 1 unspecified atom stereocenters. The molecule has 1 aromatic rings. The molecule has 0 bridgehead atoms. The number of ether oxygens (including phenoxy) is 1. The number of hydrogen-bond acceptors (Lipinski definition) is 3. The maximum atomic E-state index is 12.2. The summed E-state index contributed by atoms with van der Waals surface area (Å²) in [6.45, 7) is 3.54. The van der Waals surface area contributed by atoms with Crippen molar-refractivity contribution in [1.29, 1.82) is 0 Å². The minimum absolute atomic E-state index is 0. The first-order valence-electron chi connectivity index (χ1n) is 6.60. The second-order valence-electron chi connectivity index (χ2n) is 5.05. The lowest BCUT2D eigenvalue weighted by molar-refractivity contribution is -0.144. The van der Waals surface area contributed by atoms with Crippen LogP contribution in [0.25, 0.3) is 0 Å². The normalized spacial score (nSPS) is 22.9. The Morgan fingerprint density at radius 3 is 2.60 bits per heavy atom. The highest BCUT2D eigenvalue weighted by Gasteiger charge is 2.32. The van der Waals surface area contributed by atoms with Crippen molar-refractivity contribution in [3.05, 3.63) is 34.9 Å². The van der Waals surface area contributed by atoms with Crippen molar-refractivity contribution in [1.82, 2.24) is 10.2 Å². The minimum atomic E-state index is -0.0389. The predicted octanol–water partition coefficient (Wildman–Crippen LogP) is 1.88. The number of carbonyl (C=O) groups is 1. The van der Waals surface area contributed by atoms with Gasteiger partial charge in [-0.2, -0.15) is 0 Å². The highest BCUT2D eigenvalue weighted by atomic mass is 35.5. The van der Waals surface area contributed by atoms with Crippen LogP contribution in [0.15, 0.2) is 24.3 Å². The fourth-order valence-corrected chi connectivity index (χ4v) is 2.58. The first kappa shape index (κ1) is 15.6. The van der Waals surface area contributed by atoms with E-state index in [9.17, 15) is 4.79 Å². The topological polar surface area (TPSA) is 41.6 Å². The summed E-state index contributed by atoms with van der Waals surface area (Å²) in [4.78, 5) is 14.1. The first-order valence-corrected chi connectivity index (χ1v) is 6.98. The van der Waals surface area contributed by atoms with E-state index in [-0.39, 0.29) is 30.3 Å². The molecule has 3 rings (SSSR count). The average molecular weight is 317 g/mol. The summed E-state index contributed by atoms with van der Waals surface area (Å²) in [6, 6.07) is 7.64. The SMILES string of the molecule is Cl.O=C(C1CNC1)N1CCOC(c2ccc(Cl)cc2)C1. The Morgan fingerprint density at radius 2 is 2.00 bits per heavy atom. The van der Waals surface area contributed by atoms with E-state index in [1.54, 1.807) is 0 Å². The molecule has 6 heteroatoms. The van der Waals surface area contributed by atoms with Crippen LogP contribution in [0, 0.1) is 5.92 Å². The zero-order chi connectivity index (χ0) is 13.2. The van der Waals surface area contributed by atoms with E-state index in [0.717, 1.165) is 18.7 Å². The average Bonchev–Trinajstić information content (AvgIpc) is 2.38. The zero-order valence-electron chi connectivity index (χ0n) is 11.0. The number of halogens is 2. The molecule has 20 heavy (non-hydrogen) atoms. The first-order chi connectivity index (χ1) is 9.24. The van der Waals surface area contributed by atoms with Crippen molar-refractivity contribution in [3.63, 3.8) is 0 Å². The van der Waals surface area contributed by atoms with Gasteiger partial charge in [-0.05, 0) is 17.7 Å². The molecule has 0 aliphatic carbocycles. The number of hydrogen-bond donors (Lipinski definition) is 1. The number of morpholine rings is 1. The van der Waals surface area contributed by atoms with Crippen molar-refractivity contribution in [2.45, 2.75) is 6.10 Å². The van der Waals surface area contributed by atoms with Gasteiger partial charge in [0.15, 0.2) is 0 Å².